The van der Waals surface area contributed by atoms with E-state index in [-0.39, 0.29) is 126 Å². The average Bonchev–Trinajstić information content (AvgIpc) is 3.60. The Hall–Kier alpha value is -5.30. The van der Waals surface area contributed by atoms with Gasteiger partial charge in [0.1, 0.15) is 38.5 Å². The Morgan fingerprint density at radius 2 is 0.605 bits per heavy atom. The molecule has 484 valence electrons. The van der Waals surface area contributed by atoms with E-state index in [2.05, 4.69) is 86.9 Å². The lowest BCUT2D eigenvalue weighted by Gasteiger charge is -2.29. The van der Waals surface area contributed by atoms with Crippen molar-refractivity contribution in [2.45, 2.75) is 207 Å². The monoisotopic (exact) mass is 1240 g/mol. The second-order valence-corrected chi connectivity index (χ2v) is 23.3. The highest BCUT2D eigenvalue weighted by Gasteiger charge is 2.34. The molecule has 16 nitrogen and oxygen atoms in total. The van der Waals surface area contributed by atoms with Gasteiger partial charge in [-0.1, -0.05) is 200 Å². The molecule has 18 heteroatoms. The molecule has 86 heavy (non-hydrogen) atoms. The molecule has 1 aliphatic rings. The van der Waals surface area contributed by atoms with Crippen molar-refractivity contribution in [2.75, 3.05) is 77.2 Å². The molecule has 0 saturated carbocycles. The number of ether oxygens (including phenoxy) is 4. The zero-order valence-corrected chi connectivity index (χ0v) is 54.5. The van der Waals surface area contributed by atoms with Crippen LogP contribution in [0.4, 0.5) is 0 Å². The lowest BCUT2D eigenvalue weighted by atomic mass is 10.2. The Morgan fingerprint density at radius 3 is 0.860 bits per heavy atom. The van der Waals surface area contributed by atoms with Crippen LogP contribution in [0.3, 0.4) is 0 Å². The van der Waals surface area contributed by atoms with Gasteiger partial charge in [0, 0.05) is 63.6 Å². The quantitative estimate of drug-likeness (QED) is 0.0252. The number of nitrogens with zero attached hydrogens (tertiary/aromatic N) is 2. The Balaban J connectivity index is 2.74. The maximum Gasteiger partial charge on any atom is 0.307 e. The number of piperazine rings is 1. The smallest absolute Gasteiger partial charge is 0.307 e. The Labute approximate surface area is 525 Å². The van der Waals surface area contributed by atoms with Gasteiger partial charge in [0.05, 0.1) is 25.7 Å². The lowest BCUT2D eigenvalue weighted by molar-refractivity contribution is -0.144. The molecule has 0 aromatic rings. The predicted octanol–water partition coefficient (Wildman–Crippen LogP) is 12.9. The summed E-state index contributed by atoms with van der Waals surface area (Å²) in [5, 5.41) is 4.91. The third-order valence-corrected chi connectivity index (χ3v) is 15.6. The van der Waals surface area contributed by atoms with Gasteiger partial charge in [-0.25, -0.2) is 0 Å². The van der Waals surface area contributed by atoms with Crippen molar-refractivity contribution in [1.29, 1.82) is 0 Å². The van der Waals surface area contributed by atoms with E-state index in [1.807, 2.05) is 58.4 Å². The Morgan fingerprint density at radius 1 is 0.360 bits per heavy atom. The summed E-state index contributed by atoms with van der Waals surface area (Å²) < 4.78 is 21.6. The fourth-order valence-corrected chi connectivity index (χ4v) is 9.95. The highest BCUT2D eigenvalue weighted by molar-refractivity contribution is 8.13. The molecular formula is C68H108N4O12S2. The first-order valence-electron chi connectivity index (χ1n) is 32.1. The van der Waals surface area contributed by atoms with Crippen molar-refractivity contribution in [3.63, 3.8) is 0 Å². The predicted molar refractivity (Wildman–Crippen MR) is 351 cm³/mol. The van der Waals surface area contributed by atoms with E-state index in [0.29, 0.717) is 0 Å². The zero-order valence-electron chi connectivity index (χ0n) is 52.9. The number of allylic oxidation sites excluding steroid dienone is 12. The van der Waals surface area contributed by atoms with Gasteiger partial charge in [-0.3, -0.25) is 38.4 Å². The number of rotatable bonds is 54. The first-order valence-corrected chi connectivity index (χ1v) is 34.1. The van der Waals surface area contributed by atoms with Crippen LogP contribution in [-0.2, 0) is 57.3 Å². The number of esters is 4. The summed E-state index contributed by atoms with van der Waals surface area (Å²) in [6.07, 6.45) is 54.0. The fraction of sp³-hybridized carbons (Fsp3) is 0.647. The molecule has 2 atom stereocenters. The Bertz CT molecular complexity index is 1870. The van der Waals surface area contributed by atoms with E-state index in [0.717, 1.165) is 74.9 Å². The van der Waals surface area contributed by atoms with Crippen LogP contribution >= 0.6 is 23.5 Å². The molecule has 1 heterocycles. The van der Waals surface area contributed by atoms with E-state index in [9.17, 15) is 38.4 Å². The molecule has 0 spiro atoms. The van der Waals surface area contributed by atoms with Gasteiger partial charge in [0.2, 0.25) is 11.8 Å². The molecule has 2 N–H and O–H groups in total. The molecule has 1 rings (SSSR count). The molecule has 1 fully saturated rings. The van der Waals surface area contributed by atoms with Gasteiger partial charge in [0.15, 0.2) is 10.2 Å². The van der Waals surface area contributed by atoms with Gasteiger partial charge >= 0.3 is 23.9 Å². The van der Waals surface area contributed by atoms with Crippen molar-refractivity contribution < 1.29 is 57.3 Å². The maximum atomic E-state index is 13.2. The molecule has 1 aliphatic heterocycles. The van der Waals surface area contributed by atoms with Crippen LogP contribution in [0, 0.1) is 0 Å². The standard InChI is InChI=1S/C68H108N4O12S2/c1-5-9-13-17-21-25-29-33-37-53-81-61(73)41-47-71(48-42-62(74)82-54-38-34-30-26-22-18-14-10-6-2)51-45-65(77)85-57-59-67(79)70-60(68(80)69-59)58-86-66(78)46-52-72(49-43-63(75)83-55-39-35-31-27-23-19-15-11-7-3)50-44-64(76)84-56-40-36-32-28-24-20-16-12-8-4/h21-28,33-40,59-60H,5-20,29-32,41-58H2,1-4H3,(H,69,80)(H,70,79)/b25-21-,26-22-,27-23-,28-24-,37-33-,38-34-,39-35-,40-36-. The van der Waals surface area contributed by atoms with Crippen LogP contribution in [0.5, 0.6) is 0 Å². The number of hydrogen-bond acceptors (Lipinski definition) is 16. The van der Waals surface area contributed by atoms with Crippen molar-refractivity contribution >= 4 is 69.4 Å². The third kappa shape index (κ3) is 48.8. The summed E-state index contributed by atoms with van der Waals surface area (Å²) in [6, 6.07) is -1.96. The van der Waals surface area contributed by atoms with Crippen molar-refractivity contribution in [3.8, 4) is 0 Å². The lowest BCUT2D eigenvalue weighted by Crippen LogP contribution is -2.63. The third-order valence-electron chi connectivity index (χ3n) is 13.6. The maximum absolute atomic E-state index is 13.2. The largest absolute Gasteiger partial charge is 0.461 e. The minimum Gasteiger partial charge on any atom is -0.461 e. The topological polar surface area (TPSA) is 204 Å². The first-order chi connectivity index (χ1) is 41.9. The molecule has 0 aromatic heterocycles. The summed E-state index contributed by atoms with van der Waals surface area (Å²) in [5.41, 5.74) is 0. The normalized spacial score (nSPS) is 14.9. The van der Waals surface area contributed by atoms with Crippen molar-refractivity contribution in [3.05, 3.63) is 97.2 Å². The summed E-state index contributed by atoms with van der Waals surface area (Å²) in [6.45, 7) is 10.8. The zero-order chi connectivity index (χ0) is 62.8. The molecule has 0 bridgehead atoms. The van der Waals surface area contributed by atoms with E-state index < -0.39 is 47.8 Å². The van der Waals surface area contributed by atoms with E-state index >= 15 is 0 Å². The van der Waals surface area contributed by atoms with Crippen LogP contribution in [0.25, 0.3) is 0 Å². The highest BCUT2D eigenvalue weighted by atomic mass is 32.2. The summed E-state index contributed by atoms with van der Waals surface area (Å²) in [4.78, 5) is 107. The van der Waals surface area contributed by atoms with E-state index in [1.54, 1.807) is 0 Å². The number of hydrogen-bond donors (Lipinski definition) is 2. The van der Waals surface area contributed by atoms with Crippen LogP contribution in [0.2, 0.25) is 0 Å². The molecule has 2 amide bonds. The number of nitrogens with one attached hydrogen (secondary N) is 2. The molecule has 0 radical (unpaired) electrons. The molecular weight excluding hydrogens is 1130 g/mol. The van der Waals surface area contributed by atoms with Crippen LogP contribution < -0.4 is 10.6 Å². The van der Waals surface area contributed by atoms with Gasteiger partial charge < -0.3 is 39.4 Å². The van der Waals surface area contributed by atoms with Gasteiger partial charge in [-0.15, -0.1) is 0 Å². The number of amides is 2. The van der Waals surface area contributed by atoms with Gasteiger partial charge in [0.25, 0.3) is 0 Å². The molecule has 0 aliphatic carbocycles. The second kappa shape index (κ2) is 57.4. The number of carbonyl (C=O) groups is 8. The minimum absolute atomic E-state index is 0.0176. The number of carbonyl (C=O) groups excluding carboxylic acids is 8. The molecule has 2 unspecified atom stereocenters. The average molecular weight is 1240 g/mol. The van der Waals surface area contributed by atoms with E-state index in [4.69, 9.17) is 18.9 Å². The summed E-state index contributed by atoms with van der Waals surface area (Å²) >= 11 is 1.81. The molecule has 1 saturated heterocycles. The van der Waals surface area contributed by atoms with Crippen LogP contribution in [0.1, 0.15) is 195 Å². The number of thioether (sulfide) groups is 2. The minimum atomic E-state index is -0.982. The van der Waals surface area contributed by atoms with Crippen LogP contribution in [0.15, 0.2) is 97.2 Å². The fourth-order valence-electron chi connectivity index (χ4n) is 8.30. The van der Waals surface area contributed by atoms with Gasteiger partial charge in [-0.05, 0) is 77.0 Å². The first kappa shape index (κ1) is 78.7. The number of unbranched alkanes of at least 4 members (excludes halogenated alkanes) is 12. The molecule has 0 aromatic carbocycles. The Kier molecular flexibility index (Phi) is 52.6. The van der Waals surface area contributed by atoms with E-state index in [1.165, 1.54) is 77.0 Å². The SMILES string of the molecule is CCCCC/C=C\C/C=C\COC(=O)CCN(CCC(=O)OC/C=C\C/C=C\CCCCC)CCC(=O)SCC1NC(=O)C(CSC(=O)CCN(CCC(=O)OC/C=C\C/C=C\CCCCC)CCC(=O)OC/C=C\C/C=C\CCCCC)NC1=O. The van der Waals surface area contributed by atoms with Crippen molar-refractivity contribution in [1.82, 2.24) is 20.4 Å². The van der Waals surface area contributed by atoms with Crippen LogP contribution in [-0.4, -0.2) is 145 Å². The summed E-state index contributed by atoms with van der Waals surface area (Å²) in [5.74, 6) is -2.62. The summed E-state index contributed by atoms with van der Waals surface area (Å²) in [7, 11) is 0. The second-order valence-electron chi connectivity index (χ2n) is 21.1. The van der Waals surface area contributed by atoms with Gasteiger partial charge in [-0.2, -0.15) is 0 Å². The van der Waals surface area contributed by atoms with Crippen molar-refractivity contribution in [2.24, 2.45) is 0 Å². The highest BCUT2D eigenvalue weighted by Crippen LogP contribution is 2.16.